The van der Waals surface area contributed by atoms with Crippen molar-refractivity contribution >= 4 is 0 Å². The zero-order valence-corrected chi connectivity index (χ0v) is 13.4. The Hall–Kier alpha value is -1.26. The predicted molar refractivity (Wildman–Crippen MR) is 81.9 cm³/mol. The van der Waals surface area contributed by atoms with Gasteiger partial charge in [-0.2, -0.15) is 0 Å². The van der Waals surface area contributed by atoms with Crippen LogP contribution in [0.2, 0.25) is 0 Å². The van der Waals surface area contributed by atoms with Crippen molar-refractivity contribution < 1.29 is 19.3 Å². The van der Waals surface area contributed by atoms with Crippen molar-refractivity contribution in [3.05, 3.63) is 23.8 Å². The standard InChI is InChI=1S/C17H26O4/c1-12-8-10-17(21-4,11-9-12)16(18)15-13(19-2)6-5-7-14(15)20-3/h5-7,12,16,18H,8-11H2,1-4H3. The Bertz CT molecular complexity index is 442. The van der Waals surface area contributed by atoms with Crippen LogP contribution in [-0.4, -0.2) is 32.0 Å². The second-order valence-electron chi connectivity index (χ2n) is 5.93. The molecule has 118 valence electrons. The Morgan fingerprint density at radius 1 is 1.10 bits per heavy atom. The van der Waals surface area contributed by atoms with Crippen LogP contribution in [0, 0.1) is 5.92 Å². The first kappa shape index (κ1) is 16.1. The molecule has 1 aromatic rings. The number of rotatable bonds is 5. The molecule has 1 fully saturated rings. The molecule has 0 heterocycles. The first-order chi connectivity index (χ1) is 10.1. The van der Waals surface area contributed by atoms with Crippen LogP contribution in [0.5, 0.6) is 11.5 Å². The number of hydrogen-bond donors (Lipinski definition) is 1. The van der Waals surface area contributed by atoms with Gasteiger partial charge in [-0.15, -0.1) is 0 Å². The zero-order valence-electron chi connectivity index (χ0n) is 13.4. The van der Waals surface area contributed by atoms with Crippen molar-refractivity contribution in [1.82, 2.24) is 0 Å². The highest BCUT2D eigenvalue weighted by molar-refractivity contribution is 5.47. The van der Waals surface area contributed by atoms with E-state index in [1.807, 2.05) is 18.2 Å². The first-order valence-electron chi connectivity index (χ1n) is 7.52. The first-order valence-corrected chi connectivity index (χ1v) is 7.52. The Morgan fingerprint density at radius 3 is 2.05 bits per heavy atom. The SMILES string of the molecule is COc1cccc(OC)c1C(O)C1(OC)CCC(C)CC1. The molecule has 0 aliphatic heterocycles. The number of aliphatic hydroxyl groups excluding tert-OH is 1. The molecule has 1 aliphatic rings. The Morgan fingerprint density at radius 2 is 1.62 bits per heavy atom. The van der Waals surface area contributed by atoms with Gasteiger partial charge < -0.3 is 19.3 Å². The molecule has 1 N–H and O–H groups in total. The monoisotopic (exact) mass is 294 g/mol. The molecule has 0 spiro atoms. The molecule has 0 bridgehead atoms. The quantitative estimate of drug-likeness (QED) is 0.905. The molecular weight excluding hydrogens is 268 g/mol. The number of methoxy groups -OCH3 is 3. The number of benzene rings is 1. The van der Waals surface area contributed by atoms with E-state index in [4.69, 9.17) is 14.2 Å². The second kappa shape index (κ2) is 6.67. The van der Waals surface area contributed by atoms with Crippen molar-refractivity contribution in [2.24, 2.45) is 5.92 Å². The normalized spacial score (nSPS) is 27.2. The molecule has 4 heteroatoms. The minimum absolute atomic E-state index is 0.561. The largest absolute Gasteiger partial charge is 0.496 e. The van der Waals surface area contributed by atoms with Crippen molar-refractivity contribution in [1.29, 1.82) is 0 Å². The molecule has 0 amide bonds. The van der Waals surface area contributed by atoms with Gasteiger partial charge in [-0.3, -0.25) is 0 Å². The maximum atomic E-state index is 11.0. The van der Waals surface area contributed by atoms with Gasteiger partial charge in [-0.05, 0) is 43.7 Å². The summed E-state index contributed by atoms with van der Waals surface area (Å²) in [6.07, 6.45) is 3.03. The van der Waals surface area contributed by atoms with Crippen molar-refractivity contribution in [3.8, 4) is 11.5 Å². The molecule has 1 aliphatic carbocycles. The fraction of sp³-hybridized carbons (Fsp3) is 0.647. The third-order valence-corrected chi connectivity index (χ3v) is 4.76. The molecule has 2 rings (SSSR count). The van der Waals surface area contributed by atoms with Gasteiger partial charge in [0.15, 0.2) is 0 Å². The maximum Gasteiger partial charge on any atom is 0.128 e. The van der Waals surface area contributed by atoms with Gasteiger partial charge in [-0.1, -0.05) is 13.0 Å². The van der Waals surface area contributed by atoms with Crippen molar-refractivity contribution in [3.63, 3.8) is 0 Å². The highest BCUT2D eigenvalue weighted by Gasteiger charge is 2.43. The molecular formula is C17H26O4. The fourth-order valence-electron chi connectivity index (χ4n) is 3.25. The predicted octanol–water partition coefficient (Wildman–Crippen LogP) is 3.33. The third kappa shape index (κ3) is 3.01. The van der Waals surface area contributed by atoms with Crippen LogP contribution < -0.4 is 9.47 Å². The van der Waals surface area contributed by atoms with E-state index in [1.165, 1.54) is 0 Å². The van der Waals surface area contributed by atoms with E-state index >= 15 is 0 Å². The van der Waals surface area contributed by atoms with Crippen molar-refractivity contribution in [2.45, 2.75) is 44.3 Å². The summed E-state index contributed by atoms with van der Waals surface area (Å²) in [4.78, 5) is 0. The van der Waals surface area contributed by atoms with Crippen molar-refractivity contribution in [2.75, 3.05) is 21.3 Å². The van der Waals surface area contributed by atoms with Crippen LogP contribution in [0.1, 0.15) is 44.3 Å². The number of aliphatic hydroxyl groups is 1. The highest BCUT2D eigenvalue weighted by Crippen LogP contribution is 2.47. The lowest BCUT2D eigenvalue weighted by Gasteiger charge is -2.42. The molecule has 1 aromatic carbocycles. The number of hydrogen-bond acceptors (Lipinski definition) is 4. The molecule has 4 nitrogen and oxygen atoms in total. The lowest BCUT2D eigenvalue weighted by atomic mass is 9.74. The fourth-order valence-corrected chi connectivity index (χ4v) is 3.25. The topological polar surface area (TPSA) is 47.9 Å². The van der Waals surface area contributed by atoms with Gasteiger partial charge in [0.1, 0.15) is 17.6 Å². The maximum absolute atomic E-state index is 11.0. The summed E-state index contributed by atoms with van der Waals surface area (Å²) in [7, 11) is 4.89. The molecule has 0 saturated heterocycles. The van der Waals surface area contributed by atoms with E-state index < -0.39 is 11.7 Å². The molecule has 1 unspecified atom stereocenters. The van der Waals surface area contributed by atoms with E-state index in [9.17, 15) is 5.11 Å². The second-order valence-corrected chi connectivity index (χ2v) is 5.93. The summed E-state index contributed by atoms with van der Waals surface area (Å²) in [5.74, 6) is 1.95. The van der Waals surface area contributed by atoms with Crippen LogP contribution in [0.15, 0.2) is 18.2 Å². The smallest absolute Gasteiger partial charge is 0.128 e. The van der Waals surface area contributed by atoms with Crippen LogP contribution >= 0.6 is 0 Å². The Kier molecular flexibility index (Phi) is 5.12. The zero-order chi connectivity index (χ0) is 15.5. The molecule has 21 heavy (non-hydrogen) atoms. The van der Waals surface area contributed by atoms with Gasteiger partial charge >= 0.3 is 0 Å². The lowest BCUT2D eigenvalue weighted by molar-refractivity contribution is -0.131. The summed E-state index contributed by atoms with van der Waals surface area (Å²) in [6.45, 7) is 2.25. The summed E-state index contributed by atoms with van der Waals surface area (Å²) in [5, 5.41) is 11.0. The van der Waals surface area contributed by atoms with E-state index in [0.29, 0.717) is 23.0 Å². The highest BCUT2D eigenvalue weighted by atomic mass is 16.5. The van der Waals surface area contributed by atoms with E-state index in [2.05, 4.69) is 6.92 Å². The van der Waals surface area contributed by atoms with E-state index in [-0.39, 0.29) is 0 Å². The Labute approximate surface area is 127 Å². The van der Waals surface area contributed by atoms with E-state index in [1.54, 1.807) is 21.3 Å². The summed E-state index contributed by atoms with van der Waals surface area (Å²) >= 11 is 0. The minimum atomic E-state index is -0.763. The van der Waals surface area contributed by atoms with Gasteiger partial charge in [0, 0.05) is 7.11 Å². The summed E-state index contributed by atoms with van der Waals surface area (Å²) in [6, 6.07) is 5.54. The molecule has 1 atom stereocenters. The minimum Gasteiger partial charge on any atom is -0.496 e. The van der Waals surface area contributed by atoms with Crippen LogP contribution in [0.25, 0.3) is 0 Å². The van der Waals surface area contributed by atoms with Gasteiger partial charge in [-0.25, -0.2) is 0 Å². The van der Waals surface area contributed by atoms with Crippen LogP contribution in [0.3, 0.4) is 0 Å². The third-order valence-electron chi connectivity index (χ3n) is 4.76. The summed E-state index contributed by atoms with van der Waals surface area (Å²) < 4.78 is 16.6. The van der Waals surface area contributed by atoms with Gasteiger partial charge in [0.25, 0.3) is 0 Å². The molecule has 1 saturated carbocycles. The Balaban J connectivity index is 2.40. The van der Waals surface area contributed by atoms with E-state index in [0.717, 1.165) is 25.7 Å². The van der Waals surface area contributed by atoms with Gasteiger partial charge in [0.2, 0.25) is 0 Å². The average Bonchev–Trinajstić information content (AvgIpc) is 2.54. The molecule has 0 aromatic heterocycles. The van der Waals surface area contributed by atoms with Gasteiger partial charge in [0.05, 0.1) is 25.4 Å². The average molecular weight is 294 g/mol. The summed E-state index contributed by atoms with van der Waals surface area (Å²) in [5.41, 5.74) is 0.118. The molecule has 0 radical (unpaired) electrons. The van der Waals surface area contributed by atoms with Crippen LogP contribution in [-0.2, 0) is 4.74 Å². The number of ether oxygens (including phenoxy) is 3. The van der Waals surface area contributed by atoms with Crippen LogP contribution in [0.4, 0.5) is 0 Å². The lowest BCUT2D eigenvalue weighted by Crippen LogP contribution is -2.42.